The summed E-state index contributed by atoms with van der Waals surface area (Å²) < 4.78 is 17.8. The van der Waals surface area contributed by atoms with Crippen molar-refractivity contribution < 1.29 is 28.6 Å². The number of carbonyl (C=O) groups excluding carboxylic acids is 3. The van der Waals surface area contributed by atoms with Crippen LogP contribution in [-0.4, -0.2) is 35.8 Å². The Morgan fingerprint density at radius 3 is 2.11 bits per heavy atom. The van der Waals surface area contributed by atoms with Crippen molar-refractivity contribution in [1.29, 1.82) is 0 Å². The molecule has 258 valence electrons. The van der Waals surface area contributed by atoms with E-state index >= 15 is 0 Å². The standard InChI is InChI=1S/C40H57NO6/c1-25(42)45-30-24-37(7)31(36(5,6)33(30)46-26(2)43)17-18-39(9)32(37)16-15-28-29-23-35(3,4)19-21-40(29,22-20-38(28,39)8)41-34(44)47-27-13-11-10-12-14-27/h10-15,29-33H,16-24H2,1-9H3,(H,41,44)/t29-,30-,31-,32+,33-,37-,38+,39+,40-/m0/s1. The molecule has 1 amide bonds. The van der Waals surface area contributed by atoms with Crippen LogP contribution < -0.4 is 10.1 Å². The number of carbonyl (C=O) groups is 3. The lowest BCUT2D eigenvalue weighted by Gasteiger charge is -2.71. The molecule has 7 heteroatoms. The maximum atomic E-state index is 13.5. The van der Waals surface area contributed by atoms with Gasteiger partial charge in [-0.05, 0) is 103 Å². The largest absolute Gasteiger partial charge is 0.459 e. The van der Waals surface area contributed by atoms with Gasteiger partial charge in [-0.25, -0.2) is 4.79 Å². The molecule has 1 aromatic carbocycles. The molecule has 0 aliphatic heterocycles. The molecule has 0 bridgehead atoms. The van der Waals surface area contributed by atoms with E-state index in [0.29, 0.717) is 24.0 Å². The van der Waals surface area contributed by atoms with Crippen molar-refractivity contribution in [1.82, 2.24) is 5.32 Å². The van der Waals surface area contributed by atoms with Crippen molar-refractivity contribution in [2.45, 2.75) is 138 Å². The number of allylic oxidation sites excluding steroid dienone is 1. The number of fused-ring (bicyclic) bond motifs is 7. The summed E-state index contributed by atoms with van der Waals surface area (Å²) in [5.41, 5.74) is 0.884. The topological polar surface area (TPSA) is 90.9 Å². The van der Waals surface area contributed by atoms with E-state index in [1.54, 1.807) is 0 Å². The number of esters is 2. The van der Waals surface area contributed by atoms with Gasteiger partial charge in [0.25, 0.3) is 0 Å². The Morgan fingerprint density at radius 1 is 0.787 bits per heavy atom. The third-order valence-electron chi connectivity index (χ3n) is 14.4. The van der Waals surface area contributed by atoms with E-state index in [9.17, 15) is 14.4 Å². The quantitative estimate of drug-likeness (QED) is 0.260. The predicted molar refractivity (Wildman–Crippen MR) is 181 cm³/mol. The third kappa shape index (κ3) is 5.42. The summed E-state index contributed by atoms with van der Waals surface area (Å²) in [6, 6.07) is 9.34. The highest BCUT2D eigenvalue weighted by molar-refractivity contribution is 5.72. The lowest BCUT2D eigenvalue weighted by Crippen LogP contribution is -2.69. The Morgan fingerprint density at radius 2 is 1.45 bits per heavy atom. The van der Waals surface area contributed by atoms with Gasteiger partial charge in [-0.2, -0.15) is 0 Å². The smallest absolute Gasteiger partial charge is 0.413 e. The molecule has 0 unspecified atom stereocenters. The maximum absolute atomic E-state index is 13.5. The second-order valence-corrected chi connectivity index (χ2v) is 17.9. The molecule has 1 N–H and O–H groups in total. The van der Waals surface area contributed by atoms with Crippen LogP contribution in [0.2, 0.25) is 0 Å². The lowest BCUT2D eigenvalue weighted by molar-refractivity contribution is -0.243. The Bertz CT molecular complexity index is 1450. The predicted octanol–water partition coefficient (Wildman–Crippen LogP) is 8.80. The minimum Gasteiger partial charge on any atom is -0.459 e. The van der Waals surface area contributed by atoms with Crippen LogP contribution in [-0.2, 0) is 19.1 Å². The van der Waals surface area contributed by atoms with Crippen LogP contribution in [0.5, 0.6) is 5.75 Å². The summed E-state index contributed by atoms with van der Waals surface area (Å²) >= 11 is 0. The zero-order valence-electron chi connectivity index (χ0n) is 30.2. The zero-order valence-corrected chi connectivity index (χ0v) is 30.2. The highest BCUT2D eigenvalue weighted by Gasteiger charge is 2.70. The number of ether oxygens (including phenoxy) is 3. The van der Waals surface area contributed by atoms with Crippen molar-refractivity contribution in [2.24, 2.45) is 44.8 Å². The number of para-hydroxylation sites is 1. The van der Waals surface area contributed by atoms with Crippen LogP contribution in [0.3, 0.4) is 0 Å². The fourth-order valence-electron chi connectivity index (χ4n) is 12.1. The molecule has 9 atom stereocenters. The van der Waals surface area contributed by atoms with E-state index in [4.69, 9.17) is 14.2 Å². The fraction of sp³-hybridized carbons (Fsp3) is 0.725. The van der Waals surface area contributed by atoms with Crippen LogP contribution in [0, 0.1) is 44.8 Å². The number of hydrogen-bond acceptors (Lipinski definition) is 6. The van der Waals surface area contributed by atoms with Crippen LogP contribution in [0.25, 0.3) is 0 Å². The average molecular weight is 648 g/mol. The Balaban J connectivity index is 1.37. The van der Waals surface area contributed by atoms with Crippen molar-refractivity contribution in [3.05, 3.63) is 42.0 Å². The molecule has 4 fully saturated rings. The van der Waals surface area contributed by atoms with Gasteiger partial charge in [-0.15, -0.1) is 0 Å². The van der Waals surface area contributed by atoms with Crippen LogP contribution in [0.15, 0.2) is 42.0 Å². The Labute approximate surface area is 281 Å². The summed E-state index contributed by atoms with van der Waals surface area (Å²) in [5.74, 6) is 0.825. The highest BCUT2D eigenvalue weighted by Crippen LogP contribution is 2.75. The number of rotatable bonds is 4. The molecule has 0 aromatic heterocycles. The third-order valence-corrected chi connectivity index (χ3v) is 14.4. The highest BCUT2D eigenvalue weighted by atomic mass is 16.6. The second-order valence-electron chi connectivity index (χ2n) is 17.9. The molecule has 0 saturated heterocycles. The van der Waals surface area contributed by atoms with Gasteiger partial charge < -0.3 is 19.5 Å². The average Bonchev–Trinajstić information content (AvgIpc) is 2.96. The van der Waals surface area contributed by atoms with Crippen LogP contribution >= 0.6 is 0 Å². The number of hydrogen-bond donors (Lipinski definition) is 1. The van der Waals surface area contributed by atoms with E-state index in [-0.39, 0.29) is 56.6 Å². The van der Waals surface area contributed by atoms with Gasteiger partial charge in [0.15, 0.2) is 0 Å². The van der Waals surface area contributed by atoms with E-state index in [2.05, 4.69) is 59.9 Å². The van der Waals surface area contributed by atoms with Gasteiger partial charge in [0.1, 0.15) is 18.0 Å². The molecule has 5 aliphatic rings. The summed E-state index contributed by atoms with van der Waals surface area (Å²) in [6.07, 6.45) is 9.98. The van der Waals surface area contributed by atoms with Gasteiger partial charge in [-0.3, -0.25) is 9.59 Å². The molecule has 4 saturated carbocycles. The summed E-state index contributed by atoms with van der Waals surface area (Å²) in [7, 11) is 0. The van der Waals surface area contributed by atoms with Gasteiger partial charge in [-0.1, -0.05) is 78.3 Å². The SMILES string of the molecule is CC(=O)O[C@H]1C[C@]2(C)[C@H]3CC=C4[C@@H]5CC(C)(C)CC[C@]5(NC(=O)Oc5ccccc5)CC[C@@]4(C)[C@]3(C)CC[C@H]2C(C)(C)[C@H]1OC(C)=O. The zero-order chi connectivity index (χ0) is 34.2. The number of nitrogens with one attached hydrogen (secondary N) is 1. The molecule has 5 aliphatic carbocycles. The first-order chi connectivity index (χ1) is 21.9. The fourth-order valence-corrected chi connectivity index (χ4v) is 12.1. The second kappa shape index (κ2) is 11.4. The molecule has 0 radical (unpaired) electrons. The van der Waals surface area contributed by atoms with Gasteiger partial charge in [0, 0.05) is 25.2 Å². The van der Waals surface area contributed by atoms with E-state index in [1.165, 1.54) is 19.4 Å². The van der Waals surface area contributed by atoms with Crippen molar-refractivity contribution in [3.63, 3.8) is 0 Å². The molecular formula is C40H57NO6. The van der Waals surface area contributed by atoms with Crippen molar-refractivity contribution >= 4 is 18.0 Å². The Kier molecular flexibility index (Phi) is 8.24. The van der Waals surface area contributed by atoms with E-state index in [1.807, 2.05) is 30.3 Å². The first kappa shape index (κ1) is 34.0. The van der Waals surface area contributed by atoms with Gasteiger partial charge >= 0.3 is 18.0 Å². The molecular weight excluding hydrogens is 590 g/mol. The Hall–Kier alpha value is -2.83. The van der Waals surface area contributed by atoms with Crippen molar-refractivity contribution in [3.8, 4) is 5.75 Å². The molecule has 0 heterocycles. The van der Waals surface area contributed by atoms with Crippen LogP contribution in [0.1, 0.15) is 120 Å². The van der Waals surface area contributed by atoms with Gasteiger partial charge in [0.05, 0.1) is 5.54 Å². The minimum atomic E-state index is -0.480. The molecule has 1 aromatic rings. The maximum Gasteiger partial charge on any atom is 0.413 e. The molecule has 7 nitrogen and oxygen atoms in total. The summed E-state index contributed by atoms with van der Waals surface area (Å²) in [6.45, 7) is 19.6. The normalized spacial score (nSPS) is 41.4. The lowest BCUT2D eigenvalue weighted by atomic mass is 9.34. The van der Waals surface area contributed by atoms with E-state index in [0.717, 1.165) is 51.4 Å². The molecule has 47 heavy (non-hydrogen) atoms. The molecule has 0 spiro atoms. The molecule has 6 rings (SSSR count). The van der Waals surface area contributed by atoms with Crippen molar-refractivity contribution in [2.75, 3.05) is 0 Å². The first-order valence-corrected chi connectivity index (χ1v) is 18.0. The summed E-state index contributed by atoms with van der Waals surface area (Å²) in [5, 5.41) is 3.47. The van der Waals surface area contributed by atoms with Gasteiger partial charge in [0.2, 0.25) is 0 Å². The first-order valence-electron chi connectivity index (χ1n) is 18.0. The van der Waals surface area contributed by atoms with Crippen LogP contribution in [0.4, 0.5) is 4.79 Å². The number of benzene rings is 1. The summed E-state index contributed by atoms with van der Waals surface area (Å²) in [4.78, 5) is 38.1. The minimum absolute atomic E-state index is 0.0196. The monoisotopic (exact) mass is 647 g/mol. The number of amides is 1. The van der Waals surface area contributed by atoms with E-state index < -0.39 is 12.2 Å².